The lowest BCUT2D eigenvalue weighted by Crippen LogP contribution is -2.58. The molecular weight excluding hydrogens is 299 g/mol. The standard InChI is InChI=1S/C8H11N3O3.C2HF3O2/c9-5-10-6(12)3-4-11-7(13)1-2-8(11)14;3-2(4,5)1(6)7/h1-2H,3-5,9H2,(H,10,12);(H,6,7). The molecule has 3 amide bonds. The summed E-state index contributed by atoms with van der Waals surface area (Å²) >= 11 is 0. The number of rotatable bonds is 4. The number of carbonyl (C=O) groups excluding carboxylic acids is 4. The minimum atomic E-state index is -5.19. The predicted molar refractivity (Wildman–Crippen MR) is 57.4 cm³/mol. The molecule has 0 atom stereocenters. The second-order valence-corrected chi connectivity index (χ2v) is 3.55. The lowest BCUT2D eigenvalue weighted by atomic mass is 10.3. The fourth-order valence-electron chi connectivity index (χ4n) is 1.09. The highest BCUT2D eigenvalue weighted by Crippen LogP contribution is 2.11. The van der Waals surface area contributed by atoms with Gasteiger partial charge in [-0.05, 0) is 0 Å². The van der Waals surface area contributed by atoms with Gasteiger partial charge in [-0.25, -0.2) is 0 Å². The number of carboxylic acid groups (broad SMARTS) is 1. The number of amides is 3. The van der Waals surface area contributed by atoms with Crippen LogP contribution in [-0.2, 0) is 19.2 Å². The number of hydrogen-bond acceptors (Lipinski definition) is 5. The maximum atomic E-state index is 11.0. The molecule has 8 nitrogen and oxygen atoms in total. The Balaban J connectivity index is 0.000000486. The van der Waals surface area contributed by atoms with Crippen LogP contribution in [0.25, 0.3) is 0 Å². The van der Waals surface area contributed by atoms with Crippen LogP contribution in [0.2, 0.25) is 0 Å². The van der Waals surface area contributed by atoms with Crippen LogP contribution in [0.4, 0.5) is 13.2 Å². The summed E-state index contributed by atoms with van der Waals surface area (Å²) in [6, 6.07) is 0. The zero-order chi connectivity index (χ0) is 16.6. The number of quaternary nitrogens is 1. The second kappa shape index (κ2) is 7.99. The molecule has 0 saturated carbocycles. The van der Waals surface area contributed by atoms with E-state index in [9.17, 15) is 27.6 Å². The number of aliphatic carboxylic acids is 1. The summed E-state index contributed by atoms with van der Waals surface area (Å²) in [7, 11) is 0. The number of alkyl halides is 3. The summed E-state index contributed by atoms with van der Waals surface area (Å²) in [4.78, 5) is 42.9. The normalized spacial score (nSPS) is 13.8. The number of nitrogens with one attached hydrogen (secondary N) is 1. The van der Waals surface area contributed by atoms with Crippen LogP contribution in [0.1, 0.15) is 6.42 Å². The highest BCUT2D eigenvalue weighted by molar-refractivity contribution is 6.13. The molecule has 4 N–H and O–H groups in total. The molecule has 118 valence electrons. The summed E-state index contributed by atoms with van der Waals surface area (Å²) in [6.07, 6.45) is -2.68. The quantitative estimate of drug-likeness (QED) is 0.419. The first-order valence-corrected chi connectivity index (χ1v) is 5.47. The molecule has 0 spiro atoms. The first kappa shape index (κ1) is 18.6. The Hall–Kier alpha value is -2.43. The molecule has 0 aromatic carbocycles. The molecule has 0 bridgehead atoms. The van der Waals surface area contributed by atoms with E-state index in [1.54, 1.807) is 0 Å². The molecule has 11 heteroatoms. The Kier molecular flexibility index (Phi) is 7.07. The van der Waals surface area contributed by atoms with Gasteiger partial charge in [0.05, 0.1) is 0 Å². The molecule has 0 radical (unpaired) electrons. The Morgan fingerprint density at radius 2 is 1.67 bits per heavy atom. The van der Waals surface area contributed by atoms with E-state index >= 15 is 0 Å². The van der Waals surface area contributed by atoms with E-state index in [2.05, 4.69) is 11.1 Å². The molecule has 1 heterocycles. The van der Waals surface area contributed by atoms with Crippen molar-refractivity contribution in [2.75, 3.05) is 13.2 Å². The minimum absolute atomic E-state index is 0.120. The van der Waals surface area contributed by atoms with Crippen molar-refractivity contribution in [3.05, 3.63) is 12.2 Å². The number of hydrogen-bond donors (Lipinski definition) is 2. The number of carbonyl (C=O) groups is 4. The highest BCUT2D eigenvalue weighted by Gasteiger charge is 2.28. The van der Waals surface area contributed by atoms with Crippen LogP contribution in [0.3, 0.4) is 0 Å². The molecule has 0 saturated heterocycles. The molecule has 1 rings (SSSR count). The lowest BCUT2D eigenvalue weighted by Gasteiger charge is -2.12. The molecule has 0 fully saturated rings. The average Bonchev–Trinajstić information content (AvgIpc) is 2.66. The molecule has 0 aromatic heterocycles. The van der Waals surface area contributed by atoms with Gasteiger partial charge < -0.3 is 21.0 Å². The largest absolute Gasteiger partial charge is 0.542 e. The van der Waals surface area contributed by atoms with Crippen LogP contribution < -0.4 is 16.2 Å². The summed E-state index contributed by atoms with van der Waals surface area (Å²) < 4.78 is 31.5. The Morgan fingerprint density at radius 1 is 1.24 bits per heavy atom. The van der Waals surface area contributed by atoms with Crippen LogP contribution >= 0.6 is 0 Å². The summed E-state index contributed by atoms with van der Waals surface area (Å²) in [5, 5.41) is 11.3. The predicted octanol–water partition coefficient (Wildman–Crippen LogP) is -3.08. The van der Waals surface area contributed by atoms with Crippen LogP contribution in [-0.4, -0.2) is 48.0 Å². The smallest absolute Gasteiger partial charge is 0.430 e. The molecule has 0 aromatic rings. The Labute approximate surface area is 116 Å². The third-order valence-corrected chi connectivity index (χ3v) is 2.02. The average molecular weight is 311 g/mol. The van der Waals surface area contributed by atoms with Crippen LogP contribution in [0.5, 0.6) is 0 Å². The third-order valence-electron chi connectivity index (χ3n) is 2.02. The van der Waals surface area contributed by atoms with Crippen LogP contribution in [0, 0.1) is 0 Å². The maximum Gasteiger partial charge on any atom is 0.430 e. The van der Waals surface area contributed by atoms with E-state index < -0.39 is 12.1 Å². The van der Waals surface area contributed by atoms with Crippen LogP contribution in [0.15, 0.2) is 12.2 Å². The monoisotopic (exact) mass is 311 g/mol. The maximum absolute atomic E-state index is 11.0. The van der Waals surface area contributed by atoms with Crippen molar-refractivity contribution >= 4 is 23.7 Å². The van der Waals surface area contributed by atoms with Crippen molar-refractivity contribution in [2.45, 2.75) is 12.6 Å². The van der Waals surface area contributed by atoms with Gasteiger partial charge in [-0.2, -0.15) is 13.2 Å². The molecule has 21 heavy (non-hydrogen) atoms. The van der Waals surface area contributed by atoms with Gasteiger partial charge in [0.2, 0.25) is 5.91 Å². The van der Waals surface area contributed by atoms with Gasteiger partial charge in [-0.1, -0.05) is 0 Å². The van der Waals surface area contributed by atoms with Gasteiger partial charge in [0, 0.05) is 25.1 Å². The SMILES string of the molecule is O=C([O-])C(F)(F)F.[NH3+]CNC(=O)CCN1C(=O)C=CC1=O. The van der Waals surface area contributed by atoms with Crippen molar-refractivity contribution in [3.63, 3.8) is 0 Å². The summed E-state index contributed by atoms with van der Waals surface area (Å²) in [6.45, 7) is 0.426. The van der Waals surface area contributed by atoms with Crippen molar-refractivity contribution < 1.29 is 43.2 Å². The second-order valence-electron chi connectivity index (χ2n) is 3.55. The molecule has 1 aliphatic rings. The van der Waals surface area contributed by atoms with E-state index in [0.717, 1.165) is 4.90 Å². The zero-order valence-electron chi connectivity index (χ0n) is 10.6. The summed E-state index contributed by atoms with van der Waals surface area (Å²) in [5.41, 5.74) is 3.44. The topological polar surface area (TPSA) is 134 Å². The molecule has 0 unspecified atom stereocenters. The first-order chi connectivity index (χ1) is 9.59. The van der Waals surface area contributed by atoms with E-state index in [0.29, 0.717) is 6.67 Å². The van der Waals surface area contributed by atoms with Gasteiger partial charge in [-0.15, -0.1) is 0 Å². The number of halogens is 3. The number of nitrogens with zero attached hydrogens (tertiary/aromatic N) is 1. The number of carboxylic acids is 1. The highest BCUT2D eigenvalue weighted by atomic mass is 19.4. The first-order valence-electron chi connectivity index (χ1n) is 5.47. The van der Waals surface area contributed by atoms with Gasteiger partial charge in [-0.3, -0.25) is 19.3 Å². The van der Waals surface area contributed by atoms with Crippen molar-refractivity contribution in [1.29, 1.82) is 0 Å². The van der Waals surface area contributed by atoms with Crippen molar-refractivity contribution in [2.24, 2.45) is 0 Å². The Morgan fingerprint density at radius 3 is 2.00 bits per heavy atom. The van der Waals surface area contributed by atoms with Gasteiger partial charge in [0.25, 0.3) is 11.8 Å². The zero-order valence-corrected chi connectivity index (χ0v) is 10.6. The van der Waals surface area contributed by atoms with E-state index in [1.807, 2.05) is 0 Å². The van der Waals surface area contributed by atoms with E-state index in [1.165, 1.54) is 12.2 Å². The summed E-state index contributed by atoms with van der Waals surface area (Å²) in [5.74, 6) is -3.95. The van der Waals surface area contributed by atoms with Crippen molar-refractivity contribution in [3.8, 4) is 0 Å². The fourth-order valence-corrected chi connectivity index (χ4v) is 1.09. The molecule has 1 aliphatic heterocycles. The molecule has 0 aliphatic carbocycles. The van der Waals surface area contributed by atoms with Gasteiger partial charge in [0.15, 0.2) is 0 Å². The van der Waals surface area contributed by atoms with Crippen molar-refractivity contribution in [1.82, 2.24) is 10.2 Å². The molecular formula is C10H12F3N3O5. The van der Waals surface area contributed by atoms with E-state index in [-0.39, 0.29) is 30.7 Å². The lowest BCUT2D eigenvalue weighted by molar-refractivity contribution is -0.372. The minimum Gasteiger partial charge on any atom is -0.542 e. The van der Waals surface area contributed by atoms with Gasteiger partial charge >= 0.3 is 6.18 Å². The third kappa shape index (κ3) is 7.06. The fraction of sp³-hybridized carbons (Fsp3) is 0.400. The van der Waals surface area contributed by atoms with Gasteiger partial charge in [0.1, 0.15) is 12.6 Å². The Bertz CT molecular complexity index is 443. The van der Waals surface area contributed by atoms with E-state index in [4.69, 9.17) is 9.90 Å². The number of imide groups is 1.